The van der Waals surface area contributed by atoms with Gasteiger partial charge in [0.25, 0.3) is 0 Å². The zero-order valence-corrected chi connectivity index (χ0v) is 17.5. The molecule has 0 saturated carbocycles. The number of piperazine rings is 1. The van der Waals surface area contributed by atoms with Crippen LogP contribution in [0.5, 0.6) is 11.5 Å². The van der Waals surface area contributed by atoms with Crippen molar-refractivity contribution in [2.75, 3.05) is 57.4 Å². The van der Waals surface area contributed by atoms with Gasteiger partial charge in [-0.05, 0) is 49.4 Å². The predicted molar refractivity (Wildman–Crippen MR) is 112 cm³/mol. The Labute approximate surface area is 176 Å². The number of ether oxygens (including phenoxy) is 2. The average molecular weight is 436 g/mol. The summed E-state index contributed by atoms with van der Waals surface area (Å²) in [6, 6.07) is 10.8. The van der Waals surface area contributed by atoms with Crippen LogP contribution in [0, 0.1) is 5.82 Å². The van der Waals surface area contributed by atoms with Crippen LogP contribution in [-0.4, -0.2) is 65.8 Å². The highest BCUT2D eigenvalue weighted by Crippen LogP contribution is 2.39. The zero-order chi connectivity index (χ0) is 21.0. The molecule has 1 N–H and O–H groups in total. The van der Waals surface area contributed by atoms with Gasteiger partial charge in [-0.25, -0.2) is 17.5 Å². The molecular formula is C21H26FN3O4S. The van der Waals surface area contributed by atoms with E-state index in [0.717, 1.165) is 62.0 Å². The van der Waals surface area contributed by atoms with Gasteiger partial charge < -0.3 is 14.4 Å². The monoisotopic (exact) mass is 435 g/mol. The average Bonchev–Trinajstić information content (AvgIpc) is 2.77. The lowest BCUT2D eigenvalue weighted by Gasteiger charge is -2.37. The predicted octanol–water partition coefficient (Wildman–Crippen LogP) is 2.09. The summed E-state index contributed by atoms with van der Waals surface area (Å²) >= 11 is 0. The summed E-state index contributed by atoms with van der Waals surface area (Å²) in [5.74, 6) is 1.17. The summed E-state index contributed by atoms with van der Waals surface area (Å²) in [6.07, 6.45) is 0.706. The minimum absolute atomic E-state index is 0.0786. The first-order valence-corrected chi connectivity index (χ1v) is 11.6. The van der Waals surface area contributed by atoms with E-state index in [0.29, 0.717) is 26.2 Å². The highest BCUT2D eigenvalue weighted by atomic mass is 32.2. The number of halogens is 1. The van der Waals surface area contributed by atoms with Crippen molar-refractivity contribution >= 4 is 15.7 Å². The summed E-state index contributed by atoms with van der Waals surface area (Å²) in [7, 11) is -3.60. The van der Waals surface area contributed by atoms with Crippen molar-refractivity contribution in [3.05, 3.63) is 48.3 Å². The van der Waals surface area contributed by atoms with Crippen LogP contribution in [0.1, 0.15) is 6.42 Å². The molecule has 0 spiro atoms. The first-order chi connectivity index (χ1) is 14.5. The molecule has 2 aromatic rings. The van der Waals surface area contributed by atoms with Gasteiger partial charge in [0.2, 0.25) is 10.0 Å². The highest BCUT2D eigenvalue weighted by Gasteiger charge is 2.23. The van der Waals surface area contributed by atoms with Crippen molar-refractivity contribution in [2.24, 2.45) is 0 Å². The molecule has 2 aliphatic heterocycles. The molecule has 0 amide bonds. The van der Waals surface area contributed by atoms with E-state index < -0.39 is 15.8 Å². The lowest BCUT2D eigenvalue weighted by atomic mass is 10.2. The van der Waals surface area contributed by atoms with Crippen LogP contribution in [-0.2, 0) is 10.0 Å². The first-order valence-electron chi connectivity index (χ1n) is 10.1. The molecule has 0 bridgehead atoms. The third-order valence-corrected chi connectivity index (χ3v) is 6.80. The normalized spacial score (nSPS) is 17.2. The molecule has 162 valence electrons. The number of anilines is 1. The number of hydrogen-bond donors (Lipinski definition) is 1. The smallest absolute Gasteiger partial charge is 0.240 e. The second-order valence-corrected chi connectivity index (χ2v) is 9.10. The Balaban J connectivity index is 1.23. The zero-order valence-electron chi connectivity index (χ0n) is 16.7. The second-order valence-electron chi connectivity index (χ2n) is 7.34. The Morgan fingerprint density at radius 2 is 1.70 bits per heavy atom. The largest absolute Gasteiger partial charge is 0.486 e. The Kier molecular flexibility index (Phi) is 6.40. The maximum absolute atomic E-state index is 13.0. The van der Waals surface area contributed by atoms with Crippen LogP contribution in [0.4, 0.5) is 10.1 Å². The van der Waals surface area contributed by atoms with E-state index >= 15 is 0 Å². The van der Waals surface area contributed by atoms with E-state index in [2.05, 4.69) is 20.6 Å². The van der Waals surface area contributed by atoms with Crippen molar-refractivity contribution in [2.45, 2.75) is 11.3 Å². The fraction of sp³-hybridized carbons (Fsp3) is 0.429. The molecular weight excluding hydrogens is 409 g/mol. The van der Waals surface area contributed by atoms with Crippen molar-refractivity contribution in [1.82, 2.24) is 9.62 Å². The van der Waals surface area contributed by atoms with Crippen molar-refractivity contribution in [1.29, 1.82) is 0 Å². The number of sulfonamides is 1. The number of para-hydroxylation sites is 1. The number of benzene rings is 2. The molecule has 0 atom stereocenters. The fourth-order valence-corrected chi connectivity index (χ4v) is 4.80. The van der Waals surface area contributed by atoms with E-state index in [1.54, 1.807) is 0 Å². The summed E-state index contributed by atoms with van der Waals surface area (Å²) in [4.78, 5) is 4.71. The minimum atomic E-state index is -3.60. The molecule has 1 saturated heterocycles. The van der Waals surface area contributed by atoms with Crippen LogP contribution >= 0.6 is 0 Å². The number of hydrogen-bond acceptors (Lipinski definition) is 6. The number of fused-ring (bicyclic) bond motifs is 1. The van der Waals surface area contributed by atoms with Crippen LogP contribution in [0.3, 0.4) is 0 Å². The van der Waals surface area contributed by atoms with Gasteiger partial charge in [-0.15, -0.1) is 0 Å². The molecule has 9 heteroatoms. The van der Waals surface area contributed by atoms with E-state index in [4.69, 9.17) is 9.47 Å². The topological polar surface area (TPSA) is 71.1 Å². The van der Waals surface area contributed by atoms with Crippen molar-refractivity contribution in [3.8, 4) is 11.5 Å². The Hall–Kier alpha value is -2.36. The van der Waals surface area contributed by atoms with E-state index in [1.165, 1.54) is 12.1 Å². The summed E-state index contributed by atoms with van der Waals surface area (Å²) in [6.45, 7) is 5.85. The van der Waals surface area contributed by atoms with Gasteiger partial charge in [-0.3, -0.25) is 4.90 Å². The van der Waals surface area contributed by atoms with E-state index in [1.807, 2.05) is 12.1 Å². The maximum Gasteiger partial charge on any atom is 0.240 e. The molecule has 30 heavy (non-hydrogen) atoms. The molecule has 2 aromatic carbocycles. The van der Waals surface area contributed by atoms with Gasteiger partial charge in [0, 0.05) is 32.7 Å². The summed E-state index contributed by atoms with van der Waals surface area (Å²) < 4.78 is 51.5. The molecule has 0 unspecified atom stereocenters. The van der Waals surface area contributed by atoms with Crippen LogP contribution in [0.15, 0.2) is 47.4 Å². The molecule has 7 nitrogen and oxygen atoms in total. The maximum atomic E-state index is 13.0. The van der Waals surface area contributed by atoms with Gasteiger partial charge in [-0.1, -0.05) is 6.07 Å². The molecule has 2 heterocycles. The number of nitrogens with one attached hydrogen (secondary N) is 1. The number of nitrogens with zero attached hydrogens (tertiary/aromatic N) is 2. The highest BCUT2D eigenvalue weighted by molar-refractivity contribution is 7.89. The third-order valence-electron chi connectivity index (χ3n) is 5.33. The molecule has 1 fully saturated rings. The van der Waals surface area contributed by atoms with E-state index in [9.17, 15) is 12.8 Å². The van der Waals surface area contributed by atoms with E-state index in [-0.39, 0.29) is 4.90 Å². The SMILES string of the molecule is O=S(=O)(NCCCN1CCN(c2cccc3c2OCCO3)CC1)c1ccc(F)cc1. The third kappa shape index (κ3) is 4.85. The molecule has 4 rings (SSSR count). The first kappa shape index (κ1) is 20.9. The van der Waals surface area contributed by atoms with Gasteiger partial charge in [0.1, 0.15) is 19.0 Å². The van der Waals surface area contributed by atoms with Crippen molar-refractivity contribution in [3.63, 3.8) is 0 Å². The standard InChI is InChI=1S/C21H26FN3O4S/c22-17-5-7-18(8-6-17)30(26,27)23-9-2-10-24-11-13-25(14-12-24)19-3-1-4-20-21(19)29-16-15-28-20/h1,3-8,23H,2,9-16H2. The quantitative estimate of drug-likeness (QED) is 0.672. The van der Waals surface area contributed by atoms with Crippen LogP contribution in [0.25, 0.3) is 0 Å². The van der Waals surface area contributed by atoms with Gasteiger partial charge >= 0.3 is 0 Å². The van der Waals surface area contributed by atoms with Gasteiger partial charge in [0.05, 0.1) is 10.6 Å². The molecule has 0 radical (unpaired) electrons. The Morgan fingerprint density at radius 1 is 0.967 bits per heavy atom. The van der Waals surface area contributed by atoms with Crippen LogP contribution < -0.4 is 19.1 Å². The van der Waals surface area contributed by atoms with Crippen molar-refractivity contribution < 1.29 is 22.3 Å². The fourth-order valence-electron chi connectivity index (χ4n) is 3.73. The molecule has 0 aromatic heterocycles. The number of rotatable bonds is 7. The molecule has 2 aliphatic rings. The Bertz CT molecular complexity index is 961. The second kappa shape index (κ2) is 9.20. The molecule has 0 aliphatic carbocycles. The lowest BCUT2D eigenvalue weighted by molar-refractivity contribution is 0.171. The van der Waals surface area contributed by atoms with Gasteiger partial charge in [0.15, 0.2) is 11.5 Å². The summed E-state index contributed by atoms with van der Waals surface area (Å²) in [5, 5.41) is 0. The van der Waals surface area contributed by atoms with Gasteiger partial charge in [-0.2, -0.15) is 0 Å². The summed E-state index contributed by atoms with van der Waals surface area (Å²) in [5.41, 5.74) is 1.07. The Morgan fingerprint density at radius 3 is 2.47 bits per heavy atom. The lowest BCUT2D eigenvalue weighted by Crippen LogP contribution is -2.47. The van der Waals surface area contributed by atoms with Crippen LogP contribution in [0.2, 0.25) is 0 Å². The minimum Gasteiger partial charge on any atom is -0.486 e.